The lowest BCUT2D eigenvalue weighted by Gasteiger charge is -2.14. The van der Waals surface area contributed by atoms with Gasteiger partial charge < -0.3 is 5.32 Å². The summed E-state index contributed by atoms with van der Waals surface area (Å²) in [5.41, 5.74) is 0. The molecule has 76 valence electrons. The average Bonchev–Trinajstić information content (AvgIpc) is 2.69. The third kappa shape index (κ3) is 3.95. The van der Waals surface area contributed by atoms with Gasteiger partial charge in [-0.05, 0) is 37.8 Å². The predicted molar refractivity (Wildman–Crippen MR) is 63.6 cm³/mol. The summed E-state index contributed by atoms with van der Waals surface area (Å²) in [5.74, 6) is 2.68. The van der Waals surface area contributed by atoms with E-state index in [-0.39, 0.29) is 0 Å². The summed E-state index contributed by atoms with van der Waals surface area (Å²) in [6.45, 7) is 0. The second-order valence-electron chi connectivity index (χ2n) is 3.37. The van der Waals surface area contributed by atoms with Gasteiger partial charge in [0.05, 0.1) is 0 Å². The summed E-state index contributed by atoms with van der Waals surface area (Å²) in [4.78, 5) is 1.45. The van der Waals surface area contributed by atoms with Gasteiger partial charge in [0, 0.05) is 17.3 Å². The summed E-state index contributed by atoms with van der Waals surface area (Å²) in [7, 11) is 2.02. The van der Waals surface area contributed by atoms with Crippen LogP contribution in [0.4, 0.5) is 0 Å². The summed E-state index contributed by atoms with van der Waals surface area (Å²) in [5, 5.41) is 5.47. The lowest BCUT2D eigenvalue weighted by molar-refractivity contribution is 0.509. The molecule has 1 rings (SSSR count). The normalized spacial score (nSPS) is 12.3. The highest BCUT2D eigenvalue weighted by Crippen LogP contribution is 2.13. The summed E-state index contributed by atoms with van der Waals surface area (Å²) in [6.07, 6.45) is 9.52. The molecule has 0 bridgehead atoms. The molecule has 1 aromatic heterocycles. The van der Waals surface area contributed by atoms with Gasteiger partial charge in [0.15, 0.2) is 0 Å². The van der Waals surface area contributed by atoms with Crippen LogP contribution in [0.1, 0.15) is 24.1 Å². The van der Waals surface area contributed by atoms with Crippen molar-refractivity contribution < 1.29 is 0 Å². The topological polar surface area (TPSA) is 12.0 Å². The first-order chi connectivity index (χ1) is 6.86. The lowest BCUT2D eigenvalue weighted by Crippen LogP contribution is -2.27. The fraction of sp³-hybridized carbons (Fsp3) is 0.500. The first-order valence-corrected chi connectivity index (χ1v) is 5.88. The Kier molecular flexibility index (Phi) is 5.36. The summed E-state index contributed by atoms with van der Waals surface area (Å²) >= 11 is 1.83. The van der Waals surface area contributed by atoms with Gasteiger partial charge in [0.1, 0.15) is 0 Å². The van der Waals surface area contributed by atoms with Crippen LogP contribution in [-0.2, 0) is 6.42 Å². The smallest absolute Gasteiger partial charge is 0.0113 e. The second kappa shape index (κ2) is 6.64. The molecule has 1 nitrogen and oxygen atoms in total. The van der Waals surface area contributed by atoms with E-state index in [1.807, 2.05) is 18.4 Å². The Labute approximate surface area is 90.5 Å². The molecule has 0 fully saturated rings. The van der Waals surface area contributed by atoms with Crippen LogP contribution in [0.2, 0.25) is 0 Å². The summed E-state index contributed by atoms with van der Waals surface area (Å²) in [6, 6.07) is 4.87. The number of terminal acetylenes is 1. The molecule has 1 N–H and O–H groups in total. The monoisotopic (exact) mass is 207 g/mol. The molecule has 2 heteroatoms. The maximum Gasteiger partial charge on any atom is 0.0113 e. The molecule has 0 aliphatic rings. The second-order valence-corrected chi connectivity index (χ2v) is 4.40. The van der Waals surface area contributed by atoms with E-state index in [9.17, 15) is 0 Å². The Morgan fingerprint density at radius 2 is 2.50 bits per heavy atom. The molecule has 14 heavy (non-hydrogen) atoms. The SMILES string of the molecule is C#CCCCC(Cc1cccs1)NC. The van der Waals surface area contributed by atoms with Gasteiger partial charge >= 0.3 is 0 Å². The van der Waals surface area contributed by atoms with Crippen molar-refractivity contribution in [3.05, 3.63) is 22.4 Å². The van der Waals surface area contributed by atoms with Gasteiger partial charge in [-0.3, -0.25) is 0 Å². The largest absolute Gasteiger partial charge is 0.317 e. The zero-order chi connectivity index (χ0) is 10.2. The Morgan fingerprint density at radius 1 is 1.64 bits per heavy atom. The first kappa shape index (κ1) is 11.3. The van der Waals surface area contributed by atoms with Crippen molar-refractivity contribution in [3.8, 4) is 12.3 Å². The molecule has 1 unspecified atom stereocenters. The number of likely N-dealkylation sites (N-methyl/N-ethyl adjacent to an activating group) is 1. The number of rotatable bonds is 6. The molecule has 0 saturated heterocycles. The van der Waals surface area contributed by atoms with E-state index in [1.54, 1.807) is 0 Å². The van der Waals surface area contributed by atoms with E-state index in [2.05, 4.69) is 28.8 Å². The Hall–Kier alpha value is -0.780. The number of thiophene rings is 1. The van der Waals surface area contributed by atoms with Gasteiger partial charge in [-0.2, -0.15) is 0 Å². The molecule has 0 aliphatic heterocycles. The molecule has 1 aromatic rings. The van der Waals surface area contributed by atoms with Crippen molar-refractivity contribution in [2.45, 2.75) is 31.7 Å². The van der Waals surface area contributed by atoms with Gasteiger partial charge in [-0.15, -0.1) is 23.7 Å². The average molecular weight is 207 g/mol. The standard InChI is InChI=1S/C12H17NS/c1-3-4-5-7-11(13-2)10-12-8-6-9-14-12/h1,6,8-9,11,13H,4-5,7,10H2,2H3. The zero-order valence-electron chi connectivity index (χ0n) is 8.62. The fourth-order valence-corrected chi connectivity index (χ4v) is 2.26. The van der Waals surface area contributed by atoms with Crippen LogP contribution < -0.4 is 5.32 Å². The van der Waals surface area contributed by atoms with Crippen LogP contribution in [0.15, 0.2) is 17.5 Å². The minimum Gasteiger partial charge on any atom is -0.317 e. The molecule has 0 spiro atoms. The number of unbranched alkanes of at least 4 members (excludes halogenated alkanes) is 1. The molecule has 0 aliphatic carbocycles. The molecule has 1 atom stereocenters. The van der Waals surface area contributed by atoms with Gasteiger partial charge in [-0.25, -0.2) is 0 Å². The van der Waals surface area contributed by atoms with Crippen LogP contribution >= 0.6 is 11.3 Å². The van der Waals surface area contributed by atoms with Crippen molar-refractivity contribution in [1.29, 1.82) is 0 Å². The van der Waals surface area contributed by atoms with Crippen LogP contribution in [-0.4, -0.2) is 13.1 Å². The molecular weight excluding hydrogens is 190 g/mol. The van der Waals surface area contributed by atoms with Crippen molar-refractivity contribution in [2.75, 3.05) is 7.05 Å². The quantitative estimate of drug-likeness (QED) is 0.558. The maximum atomic E-state index is 5.22. The molecule has 0 amide bonds. The highest BCUT2D eigenvalue weighted by atomic mass is 32.1. The third-order valence-electron chi connectivity index (χ3n) is 2.31. The van der Waals surface area contributed by atoms with Crippen molar-refractivity contribution in [2.24, 2.45) is 0 Å². The van der Waals surface area contributed by atoms with E-state index in [0.29, 0.717) is 6.04 Å². The van der Waals surface area contributed by atoms with E-state index >= 15 is 0 Å². The highest BCUT2D eigenvalue weighted by Gasteiger charge is 2.06. The van der Waals surface area contributed by atoms with Crippen LogP contribution in [0.25, 0.3) is 0 Å². The maximum absolute atomic E-state index is 5.22. The minimum atomic E-state index is 0.571. The first-order valence-electron chi connectivity index (χ1n) is 5.00. The van der Waals surface area contributed by atoms with Crippen LogP contribution in [0.5, 0.6) is 0 Å². The number of hydrogen-bond donors (Lipinski definition) is 1. The molecular formula is C12H17NS. The van der Waals surface area contributed by atoms with E-state index in [0.717, 1.165) is 19.3 Å². The number of nitrogens with one attached hydrogen (secondary N) is 1. The van der Waals surface area contributed by atoms with Gasteiger partial charge in [-0.1, -0.05) is 6.07 Å². The van der Waals surface area contributed by atoms with Crippen LogP contribution in [0.3, 0.4) is 0 Å². The Bertz CT molecular complexity index is 271. The molecule has 0 radical (unpaired) electrons. The lowest BCUT2D eigenvalue weighted by atomic mass is 10.1. The van der Waals surface area contributed by atoms with Crippen LogP contribution in [0, 0.1) is 12.3 Å². The Morgan fingerprint density at radius 3 is 3.07 bits per heavy atom. The van der Waals surface area contributed by atoms with E-state index in [4.69, 9.17) is 6.42 Å². The van der Waals surface area contributed by atoms with Crippen molar-refractivity contribution in [3.63, 3.8) is 0 Å². The third-order valence-corrected chi connectivity index (χ3v) is 3.21. The van der Waals surface area contributed by atoms with Crippen molar-refractivity contribution in [1.82, 2.24) is 5.32 Å². The van der Waals surface area contributed by atoms with Crippen molar-refractivity contribution >= 4 is 11.3 Å². The van der Waals surface area contributed by atoms with E-state index < -0.39 is 0 Å². The zero-order valence-corrected chi connectivity index (χ0v) is 9.44. The van der Waals surface area contributed by atoms with Gasteiger partial charge in [0.2, 0.25) is 0 Å². The fourth-order valence-electron chi connectivity index (χ4n) is 1.47. The van der Waals surface area contributed by atoms with Gasteiger partial charge in [0.25, 0.3) is 0 Å². The van der Waals surface area contributed by atoms with E-state index in [1.165, 1.54) is 11.3 Å². The minimum absolute atomic E-state index is 0.571. The molecule has 0 saturated carbocycles. The highest BCUT2D eigenvalue weighted by molar-refractivity contribution is 7.09. The summed E-state index contributed by atoms with van der Waals surface area (Å²) < 4.78 is 0. The predicted octanol–water partition coefficient (Wildman–Crippen LogP) is 2.68. The molecule has 0 aromatic carbocycles. The molecule has 1 heterocycles. The number of hydrogen-bond acceptors (Lipinski definition) is 2. The Balaban J connectivity index is 2.29.